The normalized spacial score (nSPS) is 12.8. The van der Waals surface area contributed by atoms with Gasteiger partial charge in [-0.1, -0.05) is 62.4 Å². The van der Waals surface area contributed by atoms with Crippen LogP contribution in [0.15, 0.2) is 84.9 Å². The van der Waals surface area contributed by atoms with E-state index in [1.54, 1.807) is 24.3 Å². The van der Waals surface area contributed by atoms with E-state index in [4.69, 9.17) is 4.74 Å². The van der Waals surface area contributed by atoms with Crippen molar-refractivity contribution in [1.29, 1.82) is 0 Å². The summed E-state index contributed by atoms with van der Waals surface area (Å²) in [5.74, 6) is -1.85. The molecular weight excluding hydrogens is 695 g/mol. The van der Waals surface area contributed by atoms with Crippen molar-refractivity contribution in [2.75, 3.05) is 18.5 Å². The Bertz CT molecular complexity index is 1840. The van der Waals surface area contributed by atoms with Crippen LogP contribution < -0.4 is 5.32 Å². The molecule has 0 radical (unpaired) electrons. The molecule has 15 nitrogen and oxygen atoms in total. The number of nitrogens with zero attached hydrogens (tertiary/aromatic N) is 3. The number of aromatic nitrogens is 1. The van der Waals surface area contributed by atoms with E-state index in [9.17, 15) is 44.4 Å². The van der Waals surface area contributed by atoms with Crippen LogP contribution in [0.1, 0.15) is 61.5 Å². The van der Waals surface area contributed by atoms with Gasteiger partial charge in [0.1, 0.15) is 18.5 Å². The van der Waals surface area contributed by atoms with Crippen molar-refractivity contribution in [2.45, 2.75) is 70.3 Å². The highest BCUT2D eigenvalue weighted by Crippen LogP contribution is 2.42. The van der Waals surface area contributed by atoms with Gasteiger partial charge in [0.05, 0.1) is 36.5 Å². The summed E-state index contributed by atoms with van der Waals surface area (Å²) in [5, 5.41) is 43.4. The fraction of sp³-hybridized carbons (Fsp3) is 0.351. The first-order valence-corrected chi connectivity index (χ1v) is 16.9. The molecule has 53 heavy (non-hydrogen) atoms. The van der Waals surface area contributed by atoms with Crippen LogP contribution in [-0.2, 0) is 25.8 Å². The molecule has 1 amide bonds. The van der Waals surface area contributed by atoms with Crippen LogP contribution in [0.2, 0.25) is 0 Å². The van der Waals surface area contributed by atoms with E-state index in [1.165, 1.54) is 12.1 Å². The Morgan fingerprint density at radius 1 is 0.868 bits per heavy atom. The molecule has 0 aliphatic rings. The molecule has 16 heteroatoms. The highest BCUT2D eigenvalue weighted by atomic mass is 19.1. The van der Waals surface area contributed by atoms with Crippen molar-refractivity contribution < 1.29 is 48.8 Å². The topological polar surface area (TPSA) is 206 Å². The number of rotatable bonds is 20. The lowest BCUT2D eigenvalue weighted by Gasteiger charge is -2.20. The monoisotopic (exact) mass is 736 g/mol. The summed E-state index contributed by atoms with van der Waals surface area (Å²) in [6.07, 6.45) is -4.71. The number of ether oxygens (including phenoxy) is 1. The molecule has 3 N–H and O–H groups in total. The van der Waals surface area contributed by atoms with Crippen LogP contribution in [-0.4, -0.2) is 68.4 Å². The Labute approximate surface area is 304 Å². The van der Waals surface area contributed by atoms with Crippen molar-refractivity contribution in [2.24, 2.45) is 0 Å². The standard InChI is InChI=1S/C37H41FN4O11/c1-24(2)35-34(37(46)39-28-11-7-4-8-12-28)33(25-9-5-3-6-10-25)36(26-13-15-27(38)16-14-26)40(35)19-17-29(43)21-30(44)22-32(45)51-20-18-31(53-42(49)50)23-52-41(47)48/h3-16,24,29-31,43-44H,17-23H2,1-2H3,(H,39,46)/t29-,30-,31-/m1/s1. The SMILES string of the molecule is CC(C)c1c(C(=O)Nc2ccccc2)c(-c2ccccc2)c(-c2ccc(F)cc2)n1CC[C@@H](O)C[C@@H](O)CC(=O)OCC[C@H](CO[N+](=O)[O-])O[N+](=O)[O-]. The molecular formula is C37H41FN4O11. The Kier molecular flexibility index (Phi) is 14.4. The van der Waals surface area contributed by atoms with Gasteiger partial charge in [-0.05, 0) is 66.3 Å². The van der Waals surface area contributed by atoms with Gasteiger partial charge in [-0.3, -0.25) is 9.59 Å². The molecule has 0 bridgehead atoms. The molecule has 3 aromatic carbocycles. The smallest absolute Gasteiger partial charge is 0.308 e. The molecule has 0 aliphatic heterocycles. The first kappa shape index (κ1) is 39.9. The second-order valence-electron chi connectivity index (χ2n) is 12.5. The minimum absolute atomic E-state index is 0.0963. The Hall–Kier alpha value is -5.87. The zero-order valence-corrected chi connectivity index (χ0v) is 29.1. The zero-order valence-electron chi connectivity index (χ0n) is 29.1. The van der Waals surface area contributed by atoms with Crippen LogP contribution >= 0.6 is 0 Å². The molecule has 282 valence electrons. The molecule has 4 rings (SSSR count). The van der Waals surface area contributed by atoms with E-state index in [-0.39, 0.29) is 37.6 Å². The van der Waals surface area contributed by atoms with Crippen molar-refractivity contribution >= 4 is 17.6 Å². The number of hydrogen-bond donors (Lipinski definition) is 3. The largest absolute Gasteiger partial charge is 0.466 e. The average molecular weight is 737 g/mol. The number of aliphatic hydroxyl groups is 2. The van der Waals surface area contributed by atoms with Crippen LogP contribution in [0.4, 0.5) is 10.1 Å². The molecule has 0 aliphatic carbocycles. The fourth-order valence-corrected chi connectivity index (χ4v) is 5.99. The van der Waals surface area contributed by atoms with Gasteiger partial charge in [0.2, 0.25) is 0 Å². The summed E-state index contributed by atoms with van der Waals surface area (Å²) < 4.78 is 21.1. The third-order valence-corrected chi connectivity index (χ3v) is 8.23. The number of hydrogen-bond acceptors (Lipinski definition) is 11. The summed E-state index contributed by atoms with van der Waals surface area (Å²) in [6.45, 7) is 2.91. The van der Waals surface area contributed by atoms with Crippen LogP contribution in [0.3, 0.4) is 0 Å². The van der Waals surface area contributed by atoms with Crippen molar-refractivity contribution in [3.63, 3.8) is 0 Å². The predicted molar refractivity (Wildman–Crippen MR) is 190 cm³/mol. The third kappa shape index (κ3) is 11.6. The summed E-state index contributed by atoms with van der Waals surface area (Å²) in [7, 11) is 0. The molecule has 0 saturated heterocycles. The first-order chi connectivity index (χ1) is 25.3. The summed E-state index contributed by atoms with van der Waals surface area (Å²) in [5.41, 5.74) is 4.35. The summed E-state index contributed by atoms with van der Waals surface area (Å²) in [6, 6.07) is 24.3. The van der Waals surface area contributed by atoms with Gasteiger partial charge in [0, 0.05) is 29.9 Å². The highest BCUT2D eigenvalue weighted by molar-refractivity contribution is 6.12. The number of benzene rings is 3. The maximum absolute atomic E-state index is 14.2. The number of anilines is 1. The number of nitrogens with one attached hydrogen (secondary N) is 1. The predicted octanol–water partition coefficient (Wildman–Crippen LogP) is 5.95. The maximum atomic E-state index is 14.2. The van der Waals surface area contributed by atoms with Gasteiger partial charge in [0.15, 0.2) is 0 Å². The van der Waals surface area contributed by atoms with Gasteiger partial charge in [-0.2, -0.15) is 0 Å². The van der Waals surface area contributed by atoms with Gasteiger partial charge in [-0.25, -0.2) is 4.39 Å². The Balaban J connectivity index is 1.56. The van der Waals surface area contributed by atoms with E-state index in [1.807, 2.05) is 66.9 Å². The molecule has 4 aromatic rings. The van der Waals surface area contributed by atoms with E-state index in [0.717, 1.165) is 5.56 Å². The van der Waals surface area contributed by atoms with Crippen LogP contribution in [0, 0.1) is 26.0 Å². The number of aliphatic hydroxyl groups excluding tert-OH is 2. The molecule has 0 unspecified atom stereocenters. The fourth-order valence-electron chi connectivity index (χ4n) is 5.99. The molecule has 0 fully saturated rings. The average Bonchev–Trinajstić information content (AvgIpc) is 3.46. The van der Waals surface area contributed by atoms with Gasteiger partial charge < -0.3 is 34.5 Å². The van der Waals surface area contributed by atoms with Crippen LogP contribution in [0.25, 0.3) is 22.4 Å². The first-order valence-electron chi connectivity index (χ1n) is 16.9. The minimum atomic E-state index is -1.37. The van der Waals surface area contributed by atoms with E-state index < -0.39 is 59.9 Å². The quantitative estimate of drug-likeness (QED) is 0.0549. The molecule has 1 aromatic heterocycles. The van der Waals surface area contributed by atoms with Gasteiger partial charge >= 0.3 is 5.97 Å². The van der Waals surface area contributed by atoms with Crippen molar-refractivity contribution in [1.82, 2.24) is 4.57 Å². The lowest BCUT2D eigenvalue weighted by Crippen LogP contribution is -2.27. The molecule has 1 heterocycles. The third-order valence-electron chi connectivity index (χ3n) is 8.23. The zero-order chi connectivity index (χ0) is 38.5. The van der Waals surface area contributed by atoms with Crippen molar-refractivity contribution in [3.8, 4) is 22.4 Å². The number of amides is 1. The van der Waals surface area contributed by atoms with E-state index in [2.05, 4.69) is 15.0 Å². The summed E-state index contributed by atoms with van der Waals surface area (Å²) >= 11 is 0. The van der Waals surface area contributed by atoms with Gasteiger partial charge in [-0.15, -0.1) is 20.2 Å². The van der Waals surface area contributed by atoms with Crippen molar-refractivity contribution in [3.05, 3.63) is 122 Å². The number of esters is 1. The van der Waals surface area contributed by atoms with Crippen LogP contribution in [0.5, 0.6) is 0 Å². The number of para-hydroxylation sites is 1. The molecule has 0 spiro atoms. The number of halogens is 1. The van der Waals surface area contributed by atoms with Gasteiger partial charge in [0.25, 0.3) is 16.1 Å². The minimum Gasteiger partial charge on any atom is -0.466 e. The lowest BCUT2D eigenvalue weighted by molar-refractivity contribution is -0.790. The second kappa shape index (κ2) is 19.1. The van der Waals surface area contributed by atoms with E-state index >= 15 is 0 Å². The number of carbonyl (C=O) groups is 2. The Morgan fingerprint density at radius 2 is 1.51 bits per heavy atom. The van der Waals surface area contributed by atoms with E-state index in [0.29, 0.717) is 33.8 Å². The summed E-state index contributed by atoms with van der Waals surface area (Å²) in [4.78, 5) is 56.0. The Morgan fingerprint density at radius 3 is 2.11 bits per heavy atom. The number of carbonyl (C=O) groups excluding carboxylic acids is 2. The second-order valence-corrected chi connectivity index (χ2v) is 12.5. The lowest BCUT2D eigenvalue weighted by atomic mass is 9.94. The molecule has 0 saturated carbocycles. The molecule has 3 atom stereocenters. The maximum Gasteiger partial charge on any atom is 0.308 e. The highest BCUT2D eigenvalue weighted by Gasteiger charge is 2.31.